The van der Waals surface area contributed by atoms with Gasteiger partial charge in [0.1, 0.15) is 17.2 Å². The van der Waals surface area contributed by atoms with Gasteiger partial charge in [-0.1, -0.05) is 0 Å². The maximum atomic E-state index is 13.6. The third kappa shape index (κ3) is 3.15. The molecule has 21 heavy (non-hydrogen) atoms. The zero-order valence-corrected chi connectivity index (χ0v) is 9.74. The average molecular weight is 312 g/mol. The number of aliphatic carboxylic acids is 2. The molecule has 0 saturated heterocycles. The largest absolute Gasteiger partial charge is 0.480 e. The van der Waals surface area contributed by atoms with Crippen molar-refractivity contribution in [3.05, 3.63) is 34.9 Å². The fourth-order valence-corrected chi connectivity index (χ4v) is 1.49. The van der Waals surface area contributed by atoms with Gasteiger partial charge in [0, 0.05) is 0 Å². The highest BCUT2D eigenvalue weighted by Crippen LogP contribution is 2.35. The Morgan fingerprint density at radius 1 is 1.00 bits per heavy atom. The summed E-state index contributed by atoms with van der Waals surface area (Å²) >= 11 is 0. The SMILES string of the molecule is O=C(O)C(C(=O)O)C(=O)c1ccc(F)c(C(F)(F)F)c1F. The van der Waals surface area contributed by atoms with Gasteiger partial charge >= 0.3 is 18.1 Å². The number of Topliss-reactive ketones (excluding diaryl/α,β-unsaturated/α-hetero) is 1. The van der Waals surface area contributed by atoms with E-state index < -0.39 is 52.6 Å². The van der Waals surface area contributed by atoms with E-state index in [4.69, 9.17) is 10.2 Å². The number of halogens is 5. The third-order valence-corrected chi connectivity index (χ3v) is 2.40. The quantitative estimate of drug-likeness (QED) is 0.504. The van der Waals surface area contributed by atoms with Crippen molar-refractivity contribution in [2.24, 2.45) is 5.92 Å². The fourth-order valence-electron chi connectivity index (χ4n) is 1.49. The van der Waals surface area contributed by atoms with Crippen LogP contribution in [-0.4, -0.2) is 27.9 Å². The number of hydrogen-bond donors (Lipinski definition) is 2. The topological polar surface area (TPSA) is 91.7 Å². The molecule has 1 aromatic carbocycles. The Labute approximate surface area is 112 Å². The van der Waals surface area contributed by atoms with E-state index in [1.165, 1.54) is 0 Å². The monoisotopic (exact) mass is 312 g/mol. The molecule has 0 amide bonds. The Balaban J connectivity index is 3.49. The molecule has 0 atom stereocenters. The van der Waals surface area contributed by atoms with Crippen molar-refractivity contribution in [1.82, 2.24) is 0 Å². The van der Waals surface area contributed by atoms with Crippen molar-refractivity contribution in [2.75, 3.05) is 0 Å². The van der Waals surface area contributed by atoms with Crippen molar-refractivity contribution in [3.63, 3.8) is 0 Å². The van der Waals surface area contributed by atoms with Crippen molar-refractivity contribution >= 4 is 17.7 Å². The summed E-state index contributed by atoms with van der Waals surface area (Å²) in [6, 6.07) is 0.348. The van der Waals surface area contributed by atoms with Crippen LogP contribution in [0.15, 0.2) is 12.1 Å². The first-order valence-electron chi connectivity index (χ1n) is 5.03. The lowest BCUT2D eigenvalue weighted by Gasteiger charge is -2.13. The summed E-state index contributed by atoms with van der Waals surface area (Å²) in [6.07, 6.45) is -5.48. The molecule has 0 heterocycles. The van der Waals surface area contributed by atoms with Crippen LogP contribution in [0.2, 0.25) is 0 Å². The van der Waals surface area contributed by atoms with Gasteiger partial charge in [-0.3, -0.25) is 14.4 Å². The van der Waals surface area contributed by atoms with Gasteiger partial charge in [-0.25, -0.2) is 8.78 Å². The summed E-state index contributed by atoms with van der Waals surface area (Å²) in [6.45, 7) is 0. The first-order chi connectivity index (χ1) is 9.48. The number of hydrogen-bond acceptors (Lipinski definition) is 3. The third-order valence-electron chi connectivity index (χ3n) is 2.40. The van der Waals surface area contributed by atoms with Crippen LogP contribution < -0.4 is 0 Å². The summed E-state index contributed by atoms with van der Waals surface area (Å²) in [5.41, 5.74) is -3.87. The fraction of sp³-hybridized carbons (Fsp3) is 0.182. The van der Waals surface area contributed by atoms with Gasteiger partial charge in [0.05, 0.1) is 5.56 Å². The smallest absolute Gasteiger partial charge is 0.422 e. The van der Waals surface area contributed by atoms with E-state index in [0.717, 1.165) is 0 Å². The minimum atomic E-state index is -5.48. The molecular formula is C11H5F5O5. The predicted octanol–water partition coefficient (Wildman–Crippen LogP) is 1.95. The molecule has 0 spiro atoms. The zero-order valence-electron chi connectivity index (χ0n) is 9.74. The number of ketones is 1. The number of rotatable bonds is 4. The molecule has 0 radical (unpaired) electrons. The highest BCUT2D eigenvalue weighted by atomic mass is 19.4. The number of carbonyl (C=O) groups is 3. The lowest BCUT2D eigenvalue weighted by atomic mass is 9.95. The first kappa shape index (κ1) is 16.5. The first-order valence-corrected chi connectivity index (χ1v) is 5.03. The van der Waals surface area contributed by atoms with Gasteiger partial charge < -0.3 is 10.2 Å². The molecule has 0 aliphatic heterocycles. The Morgan fingerprint density at radius 3 is 1.86 bits per heavy atom. The molecule has 114 valence electrons. The average Bonchev–Trinajstić information content (AvgIpc) is 2.25. The van der Waals surface area contributed by atoms with Gasteiger partial charge in [0.15, 0.2) is 5.78 Å². The highest BCUT2D eigenvalue weighted by molar-refractivity contribution is 6.20. The second kappa shape index (κ2) is 5.46. The minimum absolute atomic E-state index is 0.0971. The zero-order chi connectivity index (χ0) is 16.5. The van der Waals surface area contributed by atoms with Crippen LogP contribution in [0.1, 0.15) is 15.9 Å². The van der Waals surface area contributed by atoms with Gasteiger partial charge in [0.2, 0.25) is 5.92 Å². The van der Waals surface area contributed by atoms with Crippen LogP contribution in [0.25, 0.3) is 0 Å². The molecule has 0 saturated carbocycles. The summed E-state index contributed by atoms with van der Waals surface area (Å²) in [4.78, 5) is 32.7. The molecule has 0 bridgehead atoms. The predicted molar refractivity (Wildman–Crippen MR) is 54.5 cm³/mol. The standard InChI is InChI=1S/C11H5F5O5/c12-4-2-1-3(7(13)6(4)11(14,15)16)8(17)5(9(18)19)10(20)21/h1-2,5H,(H,18,19)(H,20,21). The van der Waals surface area contributed by atoms with E-state index in [1.54, 1.807) is 0 Å². The second-order valence-electron chi connectivity index (χ2n) is 3.76. The van der Waals surface area contributed by atoms with Crippen molar-refractivity contribution in [3.8, 4) is 0 Å². The molecule has 0 fully saturated rings. The highest BCUT2D eigenvalue weighted by Gasteiger charge is 2.42. The molecule has 0 aliphatic carbocycles. The van der Waals surface area contributed by atoms with E-state index in [-0.39, 0.29) is 12.1 Å². The number of carbonyl (C=O) groups excluding carboxylic acids is 1. The van der Waals surface area contributed by atoms with Crippen LogP contribution in [-0.2, 0) is 15.8 Å². The molecule has 5 nitrogen and oxygen atoms in total. The normalized spacial score (nSPS) is 11.5. The Kier molecular flexibility index (Phi) is 4.30. The molecule has 1 rings (SSSR count). The Hall–Kier alpha value is -2.52. The lowest BCUT2D eigenvalue weighted by Crippen LogP contribution is -2.32. The van der Waals surface area contributed by atoms with Crippen LogP contribution in [0.5, 0.6) is 0 Å². The molecular weight excluding hydrogens is 307 g/mol. The molecule has 10 heteroatoms. The van der Waals surface area contributed by atoms with E-state index in [2.05, 4.69) is 0 Å². The van der Waals surface area contributed by atoms with E-state index in [1.807, 2.05) is 0 Å². The maximum absolute atomic E-state index is 13.6. The van der Waals surface area contributed by atoms with Crippen LogP contribution >= 0.6 is 0 Å². The molecule has 0 aliphatic rings. The molecule has 1 aromatic rings. The van der Waals surface area contributed by atoms with Gasteiger partial charge in [0.25, 0.3) is 0 Å². The van der Waals surface area contributed by atoms with Gasteiger partial charge in [-0.15, -0.1) is 0 Å². The van der Waals surface area contributed by atoms with E-state index >= 15 is 0 Å². The number of alkyl halides is 3. The van der Waals surface area contributed by atoms with E-state index in [0.29, 0.717) is 0 Å². The summed E-state index contributed by atoms with van der Waals surface area (Å²) in [5.74, 6) is -13.5. The minimum Gasteiger partial charge on any atom is -0.480 e. The summed E-state index contributed by atoms with van der Waals surface area (Å²) in [5, 5.41) is 17.1. The molecule has 0 aromatic heterocycles. The number of carboxylic acids is 2. The van der Waals surface area contributed by atoms with Crippen LogP contribution in [0.4, 0.5) is 22.0 Å². The number of carboxylic acid groups (broad SMARTS) is 2. The Morgan fingerprint density at radius 2 is 1.48 bits per heavy atom. The van der Waals surface area contributed by atoms with E-state index in [9.17, 15) is 36.3 Å². The van der Waals surface area contributed by atoms with Crippen LogP contribution in [0.3, 0.4) is 0 Å². The summed E-state index contributed by atoms with van der Waals surface area (Å²) < 4.78 is 63.9. The van der Waals surface area contributed by atoms with Crippen molar-refractivity contribution in [2.45, 2.75) is 6.18 Å². The van der Waals surface area contributed by atoms with Crippen LogP contribution in [0, 0.1) is 17.6 Å². The lowest BCUT2D eigenvalue weighted by molar-refractivity contribution is -0.151. The number of benzene rings is 1. The van der Waals surface area contributed by atoms with Gasteiger partial charge in [-0.05, 0) is 12.1 Å². The molecule has 0 unspecified atom stereocenters. The maximum Gasteiger partial charge on any atom is 0.422 e. The van der Waals surface area contributed by atoms with Gasteiger partial charge in [-0.2, -0.15) is 13.2 Å². The van der Waals surface area contributed by atoms with Crippen molar-refractivity contribution in [1.29, 1.82) is 0 Å². The Bertz CT molecular complexity index is 608. The van der Waals surface area contributed by atoms with Crippen molar-refractivity contribution < 1.29 is 46.5 Å². The second-order valence-corrected chi connectivity index (χ2v) is 3.76. The molecule has 2 N–H and O–H groups in total. The summed E-state index contributed by atoms with van der Waals surface area (Å²) in [7, 11) is 0.